The van der Waals surface area contributed by atoms with Crippen molar-refractivity contribution in [2.75, 3.05) is 35.9 Å². The number of halogens is 2. The normalized spacial score (nSPS) is 14.8. The monoisotopic (exact) mass is 495 g/mol. The molecule has 1 saturated heterocycles. The van der Waals surface area contributed by atoms with Gasteiger partial charge in [-0.2, -0.15) is 0 Å². The first-order chi connectivity index (χ1) is 17.0. The lowest BCUT2D eigenvalue weighted by atomic mass is 10.0. The molecule has 180 valence electrons. The lowest BCUT2D eigenvalue weighted by molar-refractivity contribution is 0.122. The second kappa shape index (κ2) is 10.0. The van der Waals surface area contributed by atoms with Crippen LogP contribution < -0.4 is 9.62 Å². The average molecular weight is 496 g/mol. The van der Waals surface area contributed by atoms with Crippen molar-refractivity contribution in [1.82, 2.24) is 15.0 Å². The first kappa shape index (κ1) is 23.3. The summed E-state index contributed by atoms with van der Waals surface area (Å²) in [5.74, 6) is -0.745. The molecule has 1 N–H and O–H groups in total. The Bertz CT molecular complexity index is 1410. The van der Waals surface area contributed by atoms with Crippen molar-refractivity contribution in [2.24, 2.45) is 0 Å². The Kier molecular flexibility index (Phi) is 6.65. The summed E-state index contributed by atoms with van der Waals surface area (Å²) < 4.78 is 48.6. The van der Waals surface area contributed by atoms with E-state index in [1.54, 1.807) is 12.5 Å². The summed E-state index contributed by atoms with van der Waals surface area (Å²) in [5.41, 5.74) is 3.71. The molecule has 1 atom stereocenters. The Morgan fingerprint density at radius 2 is 1.86 bits per heavy atom. The first-order valence-corrected chi connectivity index (χ1v) is 12.4. The minimum atomic E-state index is -1.93. The Balaban J connectivity index is 1.51. The zero-order valence-electron chi connectivity index (χ0n) is 19.0. The molecule has 10 heteroatoms. The molecule has 0 bridgehead atoms. The fraction of sp³-hybridized carbons (Fsp3) is 0.240. The third kappa shape index (κ3) is 4.85. The number of fused-ring (bicyclic) bond motifs is 1. The molecule has 7 nitrogen and oxygen atoms in total. The molecule has 0 spiro atoms. The molecule has 35 heavy (non-hydrogen) atoms. The maximum atomic E-state index is 14.2. The van der Waals surface area contributed by atoms with Crippen LogP contribution >= 0.6 is 0 Å². The van der Waals surface area contributed by atoms with E-state index in [-0.39, 0.29) is 4.90 Å². The van der Waals surface area contributed by atoms with Crippen LogP contribution in [0.25, 0.3) is 22.0 Å². The lowest BCUT2D eigenvalue weighted by Gasteiger charge is -2.28. The number of aromatic nitrogens is 3. The van der Waals surface area contributed by atoms with E-state index in [9.17, 15) is 13.0 Å². The maximum absolute atomic E-state index is 14.2. The van der Waals surface area contributed by atoms with Gasteiger partial charge in [0.1, 0.15) is 23.8 Å². The first-order valence-electron chi connectivity index (χ1n) is 11.2. The van der Waals surface area contributed by atoms with Crippen LogP contribution in [0.1, 0.15) is 12.6 Å². The molecule has 2 aromatic carbocycles. The standard InChI is InChI=1S/C25H23F2N5O2S/c1-2-21-23(31-35(33)24-6-4-18(26)13-20(24)27)12-17(14-28-21)16-3-5-22-19(11-16)25(30-15-29-22)32-7-9-34-10-8-32/h3-6,11-15,31H,2,7-10H2,1H3. The summed E-state index contributed by atoms with van der Waals surface area (Å²) in [6.45, 7) is 4.73. The summed E-state index contributed by atoms with van der Waals surface area (Å²) in [4.78, 5) is 15.5. The molecule has 2 aromatic heterocycles. The highest BCUT2D eigenvalue weighted by molar-refractivity contribution is 7.86. The highest BCUT2D eigenvalue weighted by Crippen LogP contribution is 2.31. The van der Waals surface area contributed by atoms with E-state index in [2.05, 4.69) is 24.6 Å². The fourth-order valence-electron chi connectivity index (χ4n) is 4.05. The molecule has 4 aromatic rings. The van der Waals surface area contributed by atoms with Crippen molar-refractivity contribution in [3.63, 3.8) is 0 Å². The Labute approximate surface area is 203 Å². The molecule has 0 saturated carbocycles. The average Bonchev–Trinajstić information content (AvgIpc) is 2.88. The number of ether oxygens (including phenoxy) is 1. The zero-order valence-corrected chi connectivity index (χ0v) is 19.8. The number of rotatable bonds is 6. The minimum absolute atomic E-state index is 0.128. The van der Waals surface area contributed by atoms with Crippen molar-refractivity contribution in [2.45, 2.75) is 18.2 Å². The van der Waals surface area contributed by atoms with Crippen LogP contribution in [0.2, 0.25) is 0 Å². The molecule has 0 radical (unpaired) electrons. The largest absolute Gasteiger partial charge is 0.378 e. The summed E-state index contributed by atoms with van der Waals surface area (Å²) >= 11 is 0. The molecule has 3 heterocycles. The van der Waals surface area contributed by atoms with Gasteiger partial charge in [-0.05, 0) is 42.3 Å². The van der Waals surface area contributed by atoms with Crippen LogP contribution in [-0.2, 0) is 22.1 Å². The predicted molar refractivity (Wildman–Crippen MR) is 132 cm³/mol. The smallest absolute Gasteiger partial charge is 0.153 e. The van der Waals surface area contributed by atoms with Gasteiger partial charge < -0.3 is 9.64 Å². The van der Waals surface area contributed by atoms with Gasteiger partial charge in [0, 0.05) is 36.3 Å². The van der Waals surface area contributed by atoms with Crippen LogP contribution in [0.5, 0.6) is 0 Å². The molecule has 1 aliphatic rings. The molecule has 0 amide bonds. The number of benzene rings is 2. The number of morpholine rings is 1. The van der Waals surface area contributed by atoms with Crippen molar-refractivity contribution in [3.05, 3.63) is 72.3 Å². The molecule has 1 aliphatic heterocycles. The van der Waals surface area contributed by atoms with Crippen molar-refractivity contribution in [3.8, 4) is 11.1 Å². The molecule has 5 rings (SSSR count). The van der Waals surface area contributed by atoms with E-state index in [4.69, 9.17) is 4.74 Å². The minimum Gasteiger partial charge on any atom is -0.378 e. The lowest BCUT2D eigenvalue weighted by Crippen LogP contribution is -2.36. The van der Waals surface area contributed by atoms with Gasteiger partial charge in [-0.25, -0.2) is 23.0 Å². The number of aryl methyl sites for hydroxylation is 1. The quantitative estimate of drug-likeness (QED) is 0.424. The van der Waals surface area contributed by atoms with Gasteiger partial charge in [0.05, 0.1) is 35.0 Å². The third-order valence-corrected chi connectivity index (χ3v) is 7.00. The van der Waals surface area contributed by atoms with Gasteiger partial charge in [0.15, 0.2) is 11.0 Å². The van der Waals surface area contributed by atoms with Gasteiger partial charge in [0.25, 0.3) is 0 Å². The van der Waals surface area contributed by atoms with E-state index in [0.29, 0.717) is 37.1 Å². The second-order valence-electron chi connectivity index (χ2n) is 8.05. The summed E-state index contributed by atoms with van der Waals surface area (Å²) in [5, 5.41) is 0.915. The van der Waals surface area contributed by atoms with Gasteiger partial charge in [-0.15, -0.1) is 0 Å². The van der Waals surface area contributed by atoms with E-state index in [0.717, 1.165) is 47.0 Å². The van der Waals surface area contributed by atoms with E-state index >= 15 is 0 Å². The zero-order chi connectivity index (χ0) is 24.4. The SMILES string of the molecule is CCc1ncc(-c2ccc3ncnc(N4CCOCC4)c3c2)cc1NS(=O)c1ccc(F)cc1F. The van der Waals surface area contributed by atoms with Crippen molar-refractivity contribution < 1.29 is 17.7 Å². The maximum Gasteiger partial charge on any atom is 0.153 e. The topological polar surface area (TPSA) is 80.2 Å². The Morgan fingerprint density at radius 1 is 1.03 bits per heavy atom. The molecule has 1 fully saturated rings. The van der Waals surface area contributed by atoms with Gasteiger partial charge >= 0.3 is 0 Å². The van der Waals surface area contributed by atoms with Crippen LogP contribution in [-0.4, -0.2) is 45.5 Å². The van der Waals surface area contributed by atoms with E-state index in [1.165, 1.54) is 6.07 Å². The molecule has 1 unspecified atom stereocenters. The van der Waals surface area contributed by atoms with Crippen LogP contribution in [0.15, 0.2) is 59.9 Å². The van der Waals surface area contributed by atoms with Crippen molar-refractivity contribution >= 4 is 33.4 Å². The third-order valence-electron chi connectivity index (χ3n) is 5.86. The van der Waals surface area contributed by atoms with E-state index < -0.39 is 22.6 Å². The van der Waals surface area contributed by atoms with Crippen LogP contribution in [0.4, 0.5) is 20.3 Å². The van der Waals surface area contributed by atoms with Crippen LogP contribution in [0.3, 0.4) is 0 Å². The molecule has 0 aliphatic carbocycles. The van der Waals surface area contributed by atoms with Gasteiger partial charge in [-0.3, -0.25) is 9.71 Å². The Hall–Kier alpha value is -3.50. The summed E-state index contributed by atoms with van der Waals surface area (Å²) in [6, 6.07) is 10.7. The predicted octanol–water partition coefficient (Wildman–Crippen LogP) is 4.50. The number of nitrogens with zero attached hydrogens (tertiary/aromatic N) is 4. The summed E-state index contributed by atoms with van der Waals surface area (Å²) in [7, 11) is -1.93. The fourth-order valence-corrected chi connectivity index (χ4v) is 4.97. The number of nitrogens with one attached hydrogen (secondary N) is 1. The highest BCUT2D eigenvalue weighted by atomic mass is 32.2. The Morgan fingerprint density at radius 3 is 2.63 bits per heavy atom. The van der Waals surface area contributed by atoms with Crippen molar-refractivity contribution in [1.29, 1.82) is 0 Å². The molecular weight excluding hydrogens is 472 g/mol. The number of anilines is 2. The van der Waals surface area contributed by atoms with Gasteiger partial charge in [0.2, 0.25) is 0 Å². The number of hydrogen-bond donors (Lipinski definition) is 1. The number of pyridine rings is 1. The highest BCUT2D eigenvalue weighted by Gasteiger charge is 2.17. The summed E-state index contributed by atoms with van der Waals surface area (Å²) in [6.07, 6.45) is 3.90. The second-order valence-corrected chi connectivity index (χ2v) is 9.23. The van der Waals surface area contributed by atoms with Gasteiger partial charge in [-0.1, -0.05) is 13.0 Å². The number of hydrogen-bond acceptors (Lipinski definition) is 6. The van der Waals surface area contributed by atoms with E-state index in [1.807, 2.05) is 31.2 Å². The van der Waals surface area contributed by atoms with Crippen LogP contribution in [0, 0.1) is 11.6 Å². The molecular formula is C25H23F2N5O2S.